The molecule has 0 N–H and O–H groups in total. The fraction of sp³-hybridized carbons (Fsp3) is 0.0143. The van der Waals surface area contributed by atoms with Crippen LogP contribution in [0.1, 0.15) is 6.92 Å². The van der Waals surface area contributed by atoms with E-state index < -0.39 is 0 Å². The highest BCUT2D eigenvalue weighted by Gasteiger charge is 2.22. The predicted molar refractivity (Wildman–Crippen MR) is 318 cm³/mol. The highest BCUT2D eigenvalue weighted by molar-refractivity contribution is 6.18. The van der Waals surface area contributed by atoms with Gasteiger partial charge in [0.1, 0.15) is 0 Å². The minimum atomic E-state index is 0.603. The van der Waals surface area contributed by atoms with Crippen LogP contribution in [-0.2, 0) is 0 Å². The summed E-state index contributed by atoms with van der Waals surface area (Å²) in [5, 5.41) is 7.17. The van der Waals surface area contributed by atoms with Crippen molar-refractivity contribution in [2.75, 3.05) is 0 Å². The second kappa shape index (κ2) is 18.4. The molecule has 10 aromatic carbocycles. The molecule has 0 radical (unpaired) electrons. The van der Waals surface area contributed by atoms with Crippen LogP contribution in [0, 0.1) is 0 Å². The summed E-state index contributed by atoms with van der Waals surface area (Å²) in [4.78, 5) is 15.4. The van der Waals surface area contributed by atoms with Gasteiger partial charge in [0.25, 0.3) is 0 Å². The first kappa shape index (κ1) is 44.5. The van der Waals surface area contributed by atoms with Gasteiger partial charge in [0.05, 0.1) is 38.8 Å². The second-order valence-corrected chi connectivity index (χ2v) is 19.3. The van der Waals surface area contributed by atoms with E-state index >= 15 is 0 Å². The minimum Gasteiger partial charge on any atom is -0.313 e. The maximum atomic E-state index is 5.20. The Morgan fingerprint density at radius 2 is 0.895 bits per heavy atom. The van der Waals surface area contributed by atoms with Crippen molar-refractivity contribution < 1.29 is 0 Å². The molecule has 76 heavy (non-hydrogen) atoms. The van der Waals surface area contributed by atoms with E-state index in [9.17, 15) is 0 Å². The molecule has 6 heteroatoms. The van der Waals surface area contributed by atoms with Gasteiger partial charge < -0.3 is 13.7 Å². The average Bonchev–Trinajstić information content (AvgIpc) is 4.13. The number of para-hydroxylation sites is 4. The Morgan fingerprint density at radius 1 is 0.368 bits per heavy atom. The summed E-state index contributed by atoms with van der Waals surface area (Å²) in [6, 6.07) is 84.6. The zero-order valence-electron chi connectivity index (χ0n) is 41.7. The van der Waals surface area contributed by atoms with Crippen LogP contribution in [0.15, 0.2) is 267 Å². The number of hydrogen-bond donors (Lipinski definition) is 0. The predicted octanol–water partition coefficient (Wildman–Crippen LogP) is 18.1. The van der Waals surface area contributed by atoms with E-state index in [0.717, 1.165) is 72.5 Å². The highest BCUT2D eigenvalue weighted by Crippen LogP contribution is 2.44. The summed E-state index contributed by atoms with van der Waals surface area (Å²) < 4.78 is 7.21. The molecule has 0 amide bonds. The lowest BCUT2D eigenvalue weighted by Crippen LogP contribution is -2.02. The lowest BCUT2D eigenvalue weighted by molar-refractivity contribution is 1.07. The SMILES string of the molecule is C=C/C=C\C=C(/C)n1c2ccccc2c2c(-c3ccc4c5cc(-c6ccc(-c7nc(-c8ccccc8)nc(-c8ccccc8)n7)cc6-n6c7ccccc7c7ccccc76)ccc5n(-c5ccccc5)c4c3)cccc21. The van der Waals surface area contributed by atoms with E-state index in [1.54, 1.807) is 0 Å². The van der Waals surface area contributed by atoms with Crippen molar-refractivity contribution >= 4 is 71.1 Å². The topological polar surface area (TPSA) is 53.5 Å². The first-order chi connectivity index (χ1) is 37.6. The lowest BCUT2D eigenvalue weighted by Gasteiger charge is -2.17. The van der Waals surface area contributed by atoms with Crippen LogP contribution < -0.4 is 0 Å². The Bertz CT molecular complexity index is 4540. The van der Waals surface area contributed by atoms with Crippen LogP contribution in [0.5, 0.6) is 0 Å². The molecule has 0 saturated heterocycles. The molecule has 0 atom stereocenters. The van der Waals surface area contributed by atoms with E-state index in [-0.39, 0.29) is 0 Å². The number of fused-ring (bicyclic) bond motifs is 9. The Balaban J connectivity index is 0.992. The number of benzene rings is 10. The number of rotatable bonds is 10. The Hall–Kier alpha value is -10.2. The van der Waals surface area contributed by atoms with Gasteiger partial charge in [-0.1, -0.05) is 201 Å². The van der Waals surface area contributed by atoms with Crippen LogP contribution in [0.2, 0.25) is 0 Å². The number of allylic oxidation sites excluding steroid dienone is 5. The molecule has 0 aliphatic carbocycles. The van der Waals surface area contributed by atoms with Gasteiger partial charge in [-0.05, 0) is 90.4 Å². The molecule has 358 valence electrons. The van der Waals surface area contributed by atoms with Crippen LogP contribution in [0.25, 0.3) is 139 Å². The van der Waals surface area contributed by atoms with Crippen molar-refractivity contribution in [3.8, 4) is 67.8 Å². The van der Waals surface area contributed by atoms with Gasteiger partial charge in [-0.3, -0.25) is 0 Å². The van der Waals surface area contributed by atoms with Crippen molar-refractivity contribution in [3.05, 3.63) is 267 Å². The van der Waals surface area contributed by atoms with Crippen LogP contribution >= 0.6 is 0 Å². The number of nitrogens with zero attached hydrogens (tertiary/aromatic N) is 6. The average molecular weight is 973 g/mol. The van der Waals surface area contributed by atoms with Crippen molar-refractivity contribution in [2.24, 2.45) is 0 Å². The molecule has 0 bridgehead atoms. The molecule has 6 nitrogen and oxygen atoms in total. The van der Waals surface area contributed by atoms with Gasteiger partial charge in [0, 0.05) is 66.0 Å². The van der Waals surface area contributed by atoms with Gasteiger partial charge in [-0.25, -0.2) is 15.0 Å². The summed E-state index contributed by atoms with van der Waals surface area (Å²) in [5.74, 6) is 1.85. The van der Waals surface area contributed by atoms with Crippen molar-refractivity contribution in [1.82, 2.24) is 28.7 Å². The van der Waals surface area contributed by atoms with Crippen molar-refractivity contribution in [3.63, 3.8) is 0 Å². The summed E-state index contributed by atoms with van der Waals surface area (Å²) in [6.45, 7) is 6.05. The molecule has 0 aliphatic heterocycles. The zero-order valence-corrected chi connectivity index (χ0v) is 41.7. The molecule has 0 saturated carbocycles. The standard InChI is InChI=1S/C70H48N6/c1-3-4-8-22-46(2)74-62-35-20-17-31-58(62)67-54(32-21-36-64(67)74)50-37-41-57-59-43-49(39-42-63(59)75(66(57)44-50)52-27-13-7-14-28-52)53-40-38-51(45-65(53)76-60-33-18-15-29-55(60)56-30-16-19-34-61(56)76)70-72-68(47-23-9-5-10-24-47)71-69(73-70)48-25-11-6-12-26-48/h3-45H,1H2,2H3/b8-4-,46-22+. The van der Waals surface area contributed by atoms with Gasteiger partial charge in [-0.15, -0.1) is 0 Å². The fourth-order valence-corrected chi connectivity index (χ4v) is 11.4. The lowest BCUT2D eigenvalue weighted by atomic mass is 9.97. The van der Waals surface area contributed by atoms with E-state index in [4.69, 9.17) is 15.0 Å². The minimum absolute atomic E-state index is 0.603. The summed E-state index contributed by atoms with van der Waals surface area (Å²) in [6.07, 6.45) is 7.98. The van der Waals surface area contributed by atoms with Gasteiger partial charge in [-0.2, -0.15) is 0 Å². The smallest absolute Gasteiger partial charge is 0.164 e. The fourth-order valence-electron chi connectivity index (χ4n) is 11.4. The molecule has 0 fully saturated rings. The van der Waals surface area contributed by atoms with Gasteiger partial charge in [0.15, 0.2) is 17.5 Å². The molecule has 14 aromatic rings. The molecule has 4 heterocycles. The molecule has 0 spiro atoms. The molecule has 14 rings (SSSR count). The van der Waals surface area contributed by atoms with Crippen LogP contribution in [0.4, 0.5) is 0 Å². The molecular weight excluding hydrogens is 925 g/mol. The maximum absolute atomic E-state index is 5.20. The van der Waals surface area contributed by atoms with Crippen LogP contribution in [-0.4, -0.2) is 28.7 Å². The Labute approximate surface area is 439 Å². The quantitative estimate of drug-likeness (QED) is 0.128. The van der Waals surface area contributed by atoms with Crippen molar-refractivity contribution in [2.45, 2.75) is 6.92 Å². The Morgan fingerprint density at radius 3 is 1.57 bits per heavy atom. The third-order valence-corrected chi connectivity index (χ3v) is 14.8. The van der Waals surface area contributed by atoms with Crippen molar-refractivity contribution in [1.29, 1.82) is 0 Å². The van der Waals surface area contributed by atoms with Gasteiger partial charge in [0.2, 0.25) is 0 Å². The highest BCUT2D eigenvalue weighted by atomic mass is 15.0. The largest absolute Gasteiger partial charge is 0.313 e. The first-order valence-corrected chi connectivity index (χ1v) is 25.7. The van der Waals surface area contributed by atoms with Crippen LogP contribution in [0.3, 0.4) is 0 Å². The zero-order chi connectivity index (χ0) is 50.7. The second-order valence-electron chi connectivity index (χ2n) is 19.3. The summed E-state index contributed by atoms with van der Waals surface area (Å²) in [5.41, 5.74) is 17.4. The normalized spacial score (nSPS) is 12.1. The maximum Gasteiger partial charge on any atom is 0.164 e. The number of hydrogen-bond acceptors (Lipinski definition) is 3. The number of aromatic nitrogens is 6. The van der Waals surface area contributed by atoms with Gasteiger partial charge >= 0.3 is 0 Å². The molecule has 0 unspecified atom stereocenters. The van der Waals surface area contributed by atoms with E-state index in [2.05, 4.69) is 240 Å². The first-order valence-electron chi connectivity index (χ1n) is 25.7. The third kappa shape index (κ3) is 7.38. The molecule has 0 aliphatic rings. The Kier molecular flexibility index (Phi) is 10.8. The van der Waals surface area contributed by atoms with E-state index in [0.29, 0.717) is 17.5 Å². The summed E-state index contributed by atoms with van der Waals surface area (Å²) >= 11 is 0. The third-order valence-electron chi connectivity index (χ3n) is 14.8. The van der Waals surface area contributed by atoms with E-state index in [1.165, 1.54) is 48.9 Å². The monoisotopic (exact) mass is 972 g/mol. The van der Waals surface area contributed by atoms with E-state index in [1.807, 2.05) is 48.6 Å². The summed E-state index contributed by atoms with van der Waals surface area (Å²) in [7, 11) is 0. The molecule has 4 aromatic heterocycles. The molecular formula is C70H48N6.